The van der Waals surface area contributed by atoms with E-state index < -0.39 is 0 Å². The van der Waals surface area contributed by atoms with Crippen molar-refractivity contribution in [1.29, 1.82) is 0 Å². The van der Waals surface area contributed by atoms with Crippen LogP contribution in [0.3, 0.4) is 0 Å². The molecule has 5 nitrogen and oxygen atoms in total. The van der Waals surface area contributed by atoms with E-state index in [0.29, 0.717) is 6.54 Å². The van der Waals surface area contributed by atoms with Gasteiger partial charge < -0.3 is 15.5 Å². The Bertz CT molecular complexity index is 354. The molecule has 0 bridgehead atoms. The number of likely N-dealkylation sites (N-methyl/N-ethyl adjacent to an activating group) is 2. The quantitative estimate of drug-likeness (QED) is 0.770. The summed E-state index contributed by atoms with van der Waals surface area (Å²) in [5.41, 5.74) is 1.88. The van der Waals surface area contributed by atoms with E-state index in [0.717, 1.165) is 17.9 Å². The third kappa shape index (κ3) is 3.12. The van der Waals surface area contributed by atoms with E-state index in [1.165, 1.54) is 0 Å². The number of nitrogens with zero attached hydrogens (tertiary/aromatic N) is 2. The van der Waals surface area contributed by atoms with Crippen LogP contribution in [0.25, 0.3) is 0 Å². The van der Waals surface area contributed by atoms with Gasteiger partial charge in [0.15, 0.2) is 0 Å². The van der Waals surface area contributed by atoms with Crippen LogP contribution in [0.1, 0.15) is 6.92 Å². The highest BCUT2D eigenvalue weighted by Gasteiger charge is 2.09. The summed E-state index contributed by atoms with van der Waals surface area (Å²) in [6.45, 7) is 3.12. The molecule has 0 radical (unpaired) electrons. The van der Waals surface area contributed by atoms with Gasteiger partial charge in [-0.1, -0.05) is 0 Å². The molecule has 1 aromatic rings. The van der Waals surface area contributed by atoms with Crippen LogP contribution in [0, 0.1) is 0 Å². The summed E-state index contributed by atoms with van der Waals surface area (Å²) in [4.78, 5) is 17.4. The van der Waals surface area contributed by atoms with Crippen LogP contribution in [0.4, 0.5) is 11.4 Å². The summed E-state index contributed by atoms with van der Waals surface area (Å²) in [6, 6.07) is 1.97. The molecular formula is C11H18N4O. The lowest BCUT2D eigenvalue weighted by atomic mass is 10.3. The highest BCUT2D eigenvalue weighted by molar-refractivity contribution is 5.81. The van der Waals surface area contributed by atoms with Crippen LogP contribution in [-0.2, 0) is 4.79 Å². The van der Waals surface area contributed by atoms with Gasteiger partial charge in [0.2, 0.25) is 5.91 Å². The first kappa shape index (κ1) is 12.3. The summed E-state index contributed by atoms with van der Waals surface area (Å²) < 4.78 is 0. The number of rotatable bonds is 5. The van der Waals surface area contributed by atoms with E-state index in [4.69, 9.17) is 0 Å². The van der Waals surface area contributed by atoms with Crippen LogP contribution >= 0.6 is 0 Å². The molecule has 0 spiro atoms. The molecule has 0 aliphatic carbocycles. The maximum Gasteiger partial charge on any atom is 0.239 e. The van der Waals surface area contributed by atoms with Gasteiger partial charge in [-0.25, -0.2) is 0 Å². The molecule has 88 valence electrons. The molecular weight excluding hydrogens is 204 g/mol. The highest BCUT2D eigenvalue weighted by atomic mass is 16.1. The van der Waals surface area contributed by atoms with E-state index in [9.17, 15) is 4.79 Å². The summed E-state index contributed by atoms with van der Waals surface area (Å²) >= 11 is 0. The van der Waals surface area contributed by atoms with E-state index in [-0.39, 0.29) is 5.91 Å². The van der Waals surface area contributed by atoms with Gasteiger partial charge in [-0.05, 0) is 13.0 Å². The van der Waals surface area contributed by atoms with Crippen molar-refractivity contribution in [3.8, 4) is 0 Å². The first-order valence-corrected chi connectivity index (χ1v) is 5.29. The average molecular weight is 222 g/mol. The number of carbonyl (C=O) groups is 1. The Hall–Kier alpha value is -1.78. The zero-order valence-corrected chi connectivity index (χ0v) is 9.95. The fraction of sp³-hybridized carbons (Fsp3) is 0.455. The number of pyridine rings is 1. The minimum absolute atomic E-state index is 0.00305. The molecule has 16 heavy (non-hydrogen) atoms. The second kappa shape index (κ2) is 5.95. The zero-order chi connectivity index (χ0) is 12.0. The Balaban J connectivity index is 2.81. The number of carbonyl (C=O) groups excluding carboxylic acids is 1. The van der Waals surface area contributed by atoms with Gasteiger partial charge in [-0.2, -0.15) is 0 Å². The Morgan fingerprint density at radius 2 is 2.19 bits per heavy atom. The van der Waals surface area contributed by atoms with Crippen molar-refractivity contribution >= 4 is 17.3 Å². The molecule has 5 heteroatoms. The molecule has 1 amide bonds. The fourth-order valence-corrected chi connectivity index (χ4v) is 1.38. The largest absolute Gasteiger partial charge is 0.387 e. The molecule has 1 rings (SSSR count). The molecule has 2 N–H and O–H groups in total. The van der Waals surface area contributed by atoms with E-state index in [1.54, 1.807) is 19.4 Å². The third-order valence-electron chi connectivity index (χ3n) is 2.37. The normalized spacial score (nSPS) is 9.69. The molecule has 0 atom stereocenters. The van der Waals surface area contributed by atoms with E-state index in [1.807, 2.05) is 24.9 Å². The number of anilines is 2. The van der Waals surface area contributed by atoms with Crippen molar-refractivity contribution in [2.24, 2.45) is 0 Å². The van der Waals surface area contributed by atoms with E-state index in [2.05, 4.69) is 15.6 Å². The van der Waals surface area contributed by atoms with Gasteiger partial charge >= 0.3 is 0 Å². The third-order valence-corrected chi connectivity index (χ3v) is 2.37. The summed E-state index contributed by atoms with van der Waals surface area (Å²) in [7, 11) is 3.48. The molecule has 0 aliphatic rings. The smallest absolute Gasteiger partial charge is 0.239 e. The zero-order valence-electron chi connectivity index (χ0n) is 9.95. The minimum atomic E-state index is -0.00305. The Labute approximate surface area is 95.9 Å². The first-order chi connectivity index (χ1) is 7.71. The lowest BCUT2D eigenvalue weighted by molar-refractivity contribution is -0.119. The van der Waals surface area contributed by atoms with Crippen molar-refractivity contribution in [1.82, 2.24) is 10.3 Å². The van der Waals surface area contributed by atoms with Gasteiger partial charge in [0.05, 0.1) is 30.3 Å². The molecule has 0 unspecified atom stereocenters. The van der Waals surface area contributed by atoms with Crippen LogP contribution in [0.2, 0.25) is 0 Å². The summed E-state index contributed by atoms with van der Waals surface area (Å²) in [5, 5.41) is 5.64. The Morgan fingerprint density at radius 1 is 1.44 bits per heavy atom. The molecule has 0 aromatic carbocycles. The predicted molar refractivity (Wildman–Crippen MR) is 65.7 cm³/mol. The standard InChI is InChI=1S/C11H18N4O/c1-4-15(8-11(16)13-3)10-5-9(12-2)6-14-7-10/h5-7,12H,4,8H2,1-3H3,(H,13,16). The first-order valence-electron chi connectivity index (χ1n) is 5.29. The van der Waals surface area contributed by atoms with E-state index >= 15 is 0 Å². The van der Waals surface area contributed by atoms with Gasteiger partial charge in [0.1, 0.15) is 0 Å². The fourth-order valence-electron chi connectivity index (χ4n) is 1.38. The molecule has 0 aliphatic heterocycles. The Morgan fingerprint density at radius 3 is 2.75 bits per heavy atom. The van der Waals surface area contributed by atoms with Crippen molar-refractivity contribution in [3.63, 3.8) is 0 Å². The van der Waals surface area contributed by atoms with Gasteiger partial charge in [0.25, 0.3) is 0 Å². The minimum Gasteiger partial charge on any atom is -0.387 e. The Kier molecular flexibility index (Phi) is 4.57. The SMILES string of the molecule is CCN(CC(=O)NC)c1cncc(NC)c1. The van der Waals surface area contributed by atoms with Crippen molar-refractivity contribution < 1.29 is 4.79 Å². The molecule has 0 saturated carbocycles. The molecule has 0 saturated heterocycles. The lowest BCUT2D eigenvalue weighted by Gasteiger charge is -2.22. The van der Waals surface area contributed by atoms with Crippen molar-refractivity contribution in [3.05, 3.63) is 18.5 Å². The monoisotopic (exact) mass is 222 g/mol. The summed E-state index contributed by atoms with van der Waals surface area (Å²) in [5.74, 6) is -0.00305. The number of hydrogen-bond acceptors (Lipinski definition) is 4. The number of amides is 1. The topological polar surface area (TPSA) is 57.3 Å². The molecule has 1 aromatic heterocycles. The molecule has 0 fully saturated rings. The van der Waals surface area contributed by atoms with Crippen molar-refractivity contribution in [2.45, 2.75) is 6.92 Å². The maximum absolute atomic E-state index is 11.3. The number of nitrogens with one attached hydrogen (secondary N) is 2. The predicted octanol–water partition coefficient (Wildman–Crippen LogP) is 0.696. The molecule has 1 heterocycles. The average Bonchev–Trinajstić information content (AvgIpc) is 2.35. The number of hydrogen-bond donors (Lipinski definition) is 2. The van der Waals surface area contributed by atoms with Crippen LogP contribution < -0.4 is 15.5 Å². The van der Waals surface area contributed by atoms with Gasteiger partial charge in [-0.15, -0.1) is 0 Å². The second-order valence-corrected chi connectivity index (χ2v) is 3.37. The van der Waals surface area contributed by atoms with Crippen LogP contribution in [-0.4, -0.2) is 38.1 Å². The lowest BCUT2D eigenvalue weighted by Crippen LogP contribution is -2.35. The van der Waals surface area contributed by atoms with Crippen LogP contribution in [0.5, 0.6) is 0 Å². The number of aromatic nitrogens is 1. The highest BCUT2D eigenvalue weighted by Crippen LogP contribution is 2.16. The van der Waals surface area contributed by atoms with Crippen LogP contribution in [0.15, 0.2) is 18.5 Å². The maximum atomic E-state index is 11.3. The second-order valence-electron chi connectivity index (χ2n) is 3.37. The van der Waals surface area contributed by atoms with Gasteiger partial charge in [-0.3, -0.25) is 9.78 Å². The summed E-state index contributed by atoms with van der Waals surface area (Å²) in [6.07, 6.45) is 3.50. The van der Waals surface area contributed by atoms with Gasteiger partial charge in [0, 0.05) is 20.6 Å². The van der Waals surface area contributed by atoms with Crippen molar-refractivity contribution in [2.75, 3.05) is 37.4 Å².